The fourth-order valence-electron chi connectivity index (χ4n) is 2.95. The number of nitrogens with one attached hydrogen (secondary N) is 1. The third-order valence-corrected chi connectivity index (χ3v) is 4.88. The molecule has 1 amide bonds. The van der Waals surface area contributed by atoms with Crippen LogP contribution in [0.5, 0.6) is 5.75 Å². The van der Waals surface area contributed by atoms with Crippen molar-refractivity contribution in [2.75, 3.05) is 5.32 Å². The van der Waals surface area contributed by atoms with Crippen molar-refractivity contribution in [1.82, 2.24) is 4.98 Å². The minimum atomic E-state index is -0.397. The maximum absolute atomic E-state index is 12.6. The molecule has 0 atom stereocenters. The molecule has 0 bridgehead atoms. The van der Waals surface area contributed by atoms with Crippen LogP contribution in [0.2, 0.25) is 10.0 Å². The quantitative estimate of drug-likeness (QED) is 0.712. The highest BCUT2D eigenvalue weighted by molar-refractivity contribution is 6.39. The van der Waals surface area contributed by atoms with Crippen molar-refractivity contribution in [2.24, 2.45) is 0 Å². The molecule has 1 aliphatic rings. The number of anilines is 1. The van der Waals surface area contributed by atoms with Crippen LogP contribution in [0.4, 0.5) is 5.69 Å². The lowest BCUT2D eigenvalue weighted by Crippen LogP contribution is -2.16. The molecule has 0 aliphatic heterocycles. The van der Waals surface area contributed by atoms with E-state index in [4.69, 9.17) is 27.9 Å². The van der Waals surface area contributed by atoms with Crippen LogP contribution in [0.25, 0.3) is 0 Å². The molecule has 136 valence electrons. The number of aromatic nitrogens is 1. The molecular formula is C19H18Cl2N2O3. The van der Waals surface area contributed by atoms with Crippen LogP contribution in [-0.2, 0) is 0 Å². The number of benzene rings is 1. The second kappa shape index (κ2) is 8.06. The molecule has 1 N–H and O–H groups in total. The van der Waals surface area contributed by atoms with Gasteiger partial charge in [-0.05, 0) is 50.8 Å². The van der Waals surface area contributed by atoms with Gasteiger partial charge in [-0.25, -0.2) is 0 Å². The molecule has 0 spiro atoms. The molecule has 3 rings (SSSR count). The van der Waals surface area contributed by atoms with E-state index in [1.54, 1.807) is 18.2 Å². The van der Waals surface area contributed by atoms with E-state index < -0.39 is 5.91 Å². The van der Waals surface area contributed by atoms with Gasteiger partial charge in [0.1, 0.15) is 5.75 Å². The zero-order valence-corrected chi connectivity index (χ0v) is 15.7. The van der Waals surface area contributed by atoms with Gasteiger partial charge in [0.2, 0.25) is 0 Å². The van der Waals surface area contributed by atoms with Crippen molar-refractivity contribution in [2.45, 2.75) is 38.7 Å². The number of carbonyl (C=O) groups excluding carboxylic acids is 2. The van der Waals surface area contributed by atoms with E-state index in [9.17, 15) is 9.59 Å². The van der Waals surface area contributed by atoms with Crippen LogP contribution in [0.15, 0.2) is 30.6 Å². The zero-order valence-electron chi connectivity index (χ0n) is 14.2. The van der Waals surface area contributed by atoms with E-state index in [0.29, 0.717) is 22.6 Å². The summed E-state index contributed by atoms with van der Waals surface area (Å²) < 4.78 is 5.99. The predicted molar refractivity (Wildman–Crippen MR) is 102 cm³/mol. The number of hydrogen-bond donors (Lipinski definition) is 1. The molecule has 26 heavy (non-hydrogen) atoms. The highest BCUT2D eigenvalue weighted by Crippen LogP contribution is 2.31. The molecule has 7 heteroatoms. The van der Waals surface area contributed by atoms with Crippen molar-refractivity contribution in [3.05, 3.63) is 51.8 Å². The molecule has 5 nitrogen and oxygen atoms in total. The van der Waals surface area contributed by atoms with Crippen LogP contribution in [0.3, 0.4) is 0 Å². The maximum atomic E-state index is 12.6. The summed E-state index contributed by atoms with van der Waals surface area (Å²) in [7, 11) is 0. The summed E-state index contributed by atoms with van der Waals surface area (Å²) in [6.45, 7) is 1.48. The molecular weight excluding hydrogens is 375 g/mol. The Morgan fingerprint density at radius 3 is 2.42 bits per heavy atom. The Morgan fingerprint density at radius 2 is 1.81 bits per heavy atom. The van der Waals surface area contributed by atoms with Crippen LogP contribution in [0, 0.1) is 0 Å². The standard InChI is InChI=1S/C19H18Cl2N2O3/c1-11(24)14-7-6-12(8-17(14)26-13-4-2-3-5-13)19(25)23-18-15(20)9-22-10-16(18)21/h6-10,13H,2-5H2,1H3,(H,22,23,25). The number of ether oxygens (including phenoxy) is 1. The van der Waals surface area contributed by atoms with Gasteiger partial charge in [-0.15, -0.1) is 0 Å². The number of amides is 1. The zero-order chi connectivity index (χ0) is 18.7. The molecule has 1 fully saturated rings. The monoisotopic (exact) mass is 392 g/mol. The van der Waals surface area contributed by atoms with Gasteiger partial charge in [0.25, 0.3) is 5.91 Å². The van der Waals surface area contributed by atoms with E-state index in [2.05, 4.69) is 10.3 Å². The molecule has 1 aromatic heterocycles. The second-order valence-corrected chi connectivity index (χ2v) is 7.04. The number of Topliss-reactive ketones (excluding diaryl/α,β-unsaturated/α-hetero) is 1. The summed E-state index contributed by atoms with van der Waals surface area (Å²) in [6.07, 6.45) is 7.01. The summed E-state index contributed by atoms with van der Waals surface area (Å²) >= 11 is 12.1. The summed E-state index contributed by atoms with van der Waals surface area (Å²) in [4.78, 5) is 28.3. The number of nitrogens with zero attached hydrogens (tertiary/aromatic N) is 1. The third-order valence-electron chi connectivity index (χ3n) is 4.31. The lowest BCUT2D eigenvalue weighted by molar-refractivity contribution is 0.0997. The topological polar surface area (TPSA) is 68.3 Å². The first-order chi connectivity index (χ1) is 12.5. The Kier molecular flexibility index (Phi) is 5.79. The van der Waals surface area contributed by atoms with Crippen molar-refractivity contribution in [3.8, 4) is 5.75 Å². The molecule has 2 aromatic rings. The number of halogens is 2. The fraction of sp³-hybridized carbons (Fsp3) is 0.316. The molecule has 0 radical (unpaired) electrons. The Hall–Kier alpha value is -2.11. The van der Waals surface area contributed by atoms with Gasteiger partial charge < -0.3 is 10.1 Å². The minimum Gasteiger partial charge on any atom is -0.490 e. The Balaban J connectivity index is 1.87. The molecule has 1 aliphatic carbocycles. The Morgan fingerprint density at radius 1 is 1.15 bits per heavy atom. The summed E-state index contributed by atoms with van der Waals surface area (Å²) in [6, 6.07) is 4.78. The van der Waals surface area contributed by atoms with Gasteiger partial charge in [0.15, 0.2) is 5.78 Å². The van der Waals surface area contributed by atoms with E-state index in [1.807, 2.05) is 0 Å². The molecule has 1 saturated carbocycles. The molecule has 1 aromatic carbocycles. The average Bonchev–Trinajstić information content (AvgIpc) is 3.11. The van der Waals surface area contributed by atoms with Gasteiger partial charge in [-0.1, -0.05) is 23.2 Å². The fourth-order valence-corrected chi connectivity index (χ4v) is 3.41. The smallest absolute Gasteiger partial charge is 0.255 e. The normalized spacial score (nSPS) is 14.3. The molecule has 1 heterocycles. The number of rotatable bonds is 5. The van der Waals surface area contributed by atoms with Crippen molar-refractivity contribution >= 4 is 40.6 Å². The first-order valence-corrected chi connectivity index (χ1v) is 9.13. The first-order valence-electron chi connectivity index (χ1n) is 8.37. The van der Waals surface area contributed by atoms with E-state index >= 15 is 0 Å². The third kappa shape index (κ3) is 4.17. The van der Waals surface area contributed by atoms with Crippen molar-refractivity contribution in [1.29, 1.82) is 0 Å². The average molecular weight is 393 g/mol. The van der Waals surface area contributed by atoms with Crippen LogP contribution < -0.4 is 10.1 Å². The Labute approximate surface area is 161 Å². The van der Waals surface area contributed by atoms with E-state index in [1.165, 1.54) is 19.3 Å². The SMILES string of the molecule is CC(=O)c1ccc(C(=O)Nc2c(Cl)cncc2Cl)cc1OC1CCCC1. The highest BCUT2D eigenvalue weighted by Gasteiger charge is 2.21. The number of ketones is 1. The number of pyridine rings is 1. The van der Waals surface area contributed by atoms with Crippen LogP contribution in [0.1, 0.15) is 53.3 Å². The van der Waals surface area contributed by atoms with Crippen molar-refractivity contribution in [3.63, 3.8) is 0 Å². The lowest BCUT2D eigenvalue weighted by atomic mass is 10.1. The largest absolute Gasteiger partial charge is 0.490 e. The predicted octanol–water partition coefficient (Wildman–Crippen LogP) is 5.16. The van der Waals surface area contributed by atoms with Gasteiger partial charge in [0.05, 0.1) is 27.4 Å². The van der Waals surface area contributed by atoms with E-state index in [-0.39, 0.29) is 21.9 Å². The second-order valence-electron chi connectivity index (χ2n) is 6.22. The molecule has 0 saturated heterocycles. The van der Waals surface area contributed by atoms with Crippen molar-refractivity contribution < 1.29 is 14.3 Å². The summed E-state index contributed by atoms with van der Waals surface area (Å²) in [5.74, 6) is -0.0690. The number of hydrogen-bond acceptors (Lipinski definition) is 4. The Bertz CT molecular complexity index is 828. The van der Waals surface area contributed by atoms with Gasteiger partial charge in [-0.2, -0.15) is 0 Å². The minimum absolute atomic E-state index is 0.0792. The van der Waals surface area contributed by atoms with E-state index in [0.717, 1.165) is 25.7 Å². The lowest BCUT2D eigenvalue weighted by Gasteiger charge is -2.17. The first kappa shape index (κ1) is 18.7. The highest BCUT2D eigenvalue weighted by atomic mass is 35.5. The summed E-state index contributed by atoms with van der Waals surface area (Å²) in [5.41, 5.74) is 1.11. The van der Waals surface area contributed by atoms with Gasteiger partial charge in [0, 0.05) is 18.0 Å². The van der Waals surface area contributed by atoms with Gasteiger partial charge >= 0.3 is 0 Å². The van der Waals surface area contributed by atoms with Crippen LogP contribution >= 0.6 is 23.2 Å². The molecule has 0 unspecified atom stereocenters. The summed E-state index contributed by atoms with van der Waals surface area (Å²) in [5, 5.41) is 3.17. The van der Waals surface area contributed by atoms with Gasteiger partial charge in [-0.3, -0.25) is 14.6 Å². The number of carbonyl (C=O) groups is 2. The maximum Gasteiger partial charge on any atom is 0.255 e. The van der Waals surface area contributed by atoms with Crippen LogP contribution in [-0.4, -0.2) is 22.8 Å².